The maximum atomic E-state index is 11.8. The topological polar surface area (TPSA) is 48.1 Å². The van der Waals surface area contributed by atoms with Crippen LogP contribution >= 0.6 is 0 Å². The molecule has 27 heavy (non-hydrogen) atoms. The van der Waals surface area contributed by atoms with Gasteiger partial charge in [-0.15, -0.1) is 0 Å². The zero-order valence-electron chi connectivity index (χ0n) is 17.3. The van der Waals surface area contributed by atoms with Gasteiger partial charge >= 0.3 is 5.97 Å². The van der Waals surface area contributed by atoms with E-state index in [1.54, 1.807) is 0 Å². The molecule has 0 bridgehead atoms. The van der Waals surface area contributed by atoms with Crippen LogP contribution in [0, 0.1) is 5.92 Å². The standard InChI is InChI=1S/C23H32O4/c1-6-7-8-9-15-12-17(25-14(2)24)20-18(13-15)26-22(3,4)16-10-11-23(5)21(27-23)19(16)20/h12-13,16,19,21H,6-11H2,1-5H3. The number of carbonyl (C=O) groups excluding carboxylic acids is 1. The average molecular weight is 373 g/mol. The van der Waals surface area contributed by atoms with Crippen molar-refractivity contribution in [2.45, 2.75) is 96.4 Å². The molecule has 1 aromatic carbocycles. The number of carbonyl (C=O) groups is 1. The number of unbranched alkanes of at least 4 members (excludes halogenated alkanes) is 2. The summed E-state index contributed by atoms with van der Waals surface area (Å²) in [6, 6.07) is 4.23. The summed E-state index contributed by atoms with van der Waals surface area (Å²) in [6.07, 6.45) is 6.83. The van der Waals surface area contributed by atoms with Crippen LogP contribution in [0.1, 0.15) is 83.8 Å². The molecule has 4 nitrogen and oxygen atoms in total. The Morgan fingerprint density at radius 3 is 2.74 bits per heavy atom. The lowest BCUT2D eigenvalue weighted by molar-refractivity contribution is -0.132. The number of fused-ring (bicyclic) bond motifs is 5. The van der Waals surface area contributed by atoms with Crippen molar-refractivity contribution >= 4 is 5.97 Å². The van der Waals surface area contributed by atoms with Crippen molar-refractivity contribution in [1.29, 1.82) is 0 Å². The molecule has 4 rings (SSSR count). The number of rotatable bonds is 5. The zero-order valence-corrected chi connectivity index (χ0v) is 17.3. The number of epoxide rings is 1. The van der Waals surface area contributed by atoms with Crippen LogP contribution in [0.15, 0.2) is 12.1 Å². The molecular weight excluding hydrogens is 340 g/mol. The Hall–Kier alpha value is -1.55. The maximum absolute atomic E-state index is 11.8. The first-order valence-corrected chi connectivity index (χ1v) is 10.5. The Kier molecular flexibility index (Phi) is 4.53. The number of hydrogen-bond donors (Lipinski definition) is 0. The Bertz CT molecular complexity index is 753. The molecule has 1 aliphatic carbocycles. The first-order chi connectivity index (χ1) is 12.7. The SMILES string of the molecule is CCCCCc1cc(OC(C)=O)c2c(c1)OC(C)(C)C1CCC3(C)OC3C21. The number of hydrogen-bond acceptors (Lipinski definition) is 4. The predicted molar refractivity (Wildman–Crippen MR) is 104 cm³/mol. The van der Waals surface area contributed by atoms with Crippen LogP contribution in [0.25, 0.3) is 0 Å². The fraction of sp³-hybridized carbons (Fsp3) is 0.696. The molecule has 1 saturated carbocycles. The van der Waals surface area contributed by atoms with Crippen LogP contribution in [-0.4, -0.2) is 23.3 Å². The van der Waals surface area contributed by atoms with Gasteiger partial charge in [-0.1, -0.05) is 19.8 Å². The van der Waals surface area contributed by atoms with Gasteiger partial charge in [0.2, 0.25) is 0 Å². The van der Waals surface area contributed by atoms with Crippen LogP contribution < -0.4 is 9.47 Å². The van der Waals surface area contributed by atoms with Crippen molar-refractivity contribution in [3.63, 3.8) is 0 Å². The average Bonchev–Trinajstić information content (AvgIpc) is 3.25. The molecule has 4 atom stereocenters. The minimum atomic E-state index is -0.278. The number of esters is 1. The minimum Gasteiger partial charge on any atom is -0.487 e. The summed E-state index contributed by atoms with van der Waals surface area (Å²) in [5.74, 6) is 1.87. The summed E-state index contributed by atoms with van der Waals surface area (Å²) in [4.78, 5) is 11.8. The number of aryl methyl sites for hydroxylation is 1. The van der Waals surface area contributed by atoms with Crippen LogP contribution in [0.2, 0.25) is 0 Å². The molecule has 3 aliphatic rings. The van der Waals surface area contributed by atoms with Gasteiger partial charge in [0.25, 0.3) is 0 Å². The molecule has 0 N–H and O–H groups in total. The molecule has 2 heterocycles. The molecule has 2 aliphatic heterocycles. The van der Waals surface area contributed by atoms with Gasteiger partial charge in [0, 0.05) is 24.3 Å². The lowest BCUT2D eigenvalue weighted by Crippen LogP contribution is -2.49. The van der Waals surface area contributed by atoms with Gasteiger partial charge in [-0.25, -0.2) is 0 Å². The minimum absolute atomic E-state index is 0.0286. The third kappa shape index (κ3) is 3.26. The van der Waals surface area contributed by atoms with Gasteiger partial charge in [-0.05, 0) is 64.2 Å². The smallest absolute Gasteiger partial charge is 0.308 e. The van der Waals surface area contributed by atoms with E-state index in [1.165, 1.54) is 25.3 Å². The summed E-state index contributed by atoms with van der Waals surface area (Å²) >= 11 is 0. The van der Waals surface area contributed by atoms with E-state index >= 15 is 0 Å². The van der Waals surface area contributed by atoms with Gasteiger partial charge in [-0.2, -0.15) is 0 Å². The van der Waals surface area contributed by atoms with Crippen LogP contribution in [0.3, 0.4) is 0 Å². The lowest BCUT2D eigenvalue weighted by Gasteiger charge is -2.47. The normalized spacial score (nSPS) is 32.6. The number of ether oxygens (including phenoxy) is 3. The molecule has 0 aromatic heterocycles. The molecule has 0 radical (unpaired) electrons. The van der Waals surface area contributed by atoms with Crippen molar-refractivity contribution in [1.82, 2.24) is 0 Å². The lowest BCUT2D eigenvalue weighted by atomic mass is 9.64. The van der Waals surface area contributed by atoms with Gasteiger partial charge in [0.05, 0.1) is 11.7 Å². The predicted octanol–water partition coefficient (Wildman–Crippen LogP) is 5.17. The first-order valence-electron chi connectivity index (χ1n) is 10.5. The van der Waals surface area contributed by atoms with Crippen LogP contribution in [-0.2, 0) is 16.0 Å². The molecule has 0 amide bonds. The van der Waals surface area contributed by atoms with E-state index < -0.39 is 0 Å². The summed E-state index contributed by atoms with van der Waals surface area (Å²) in [6.45, 7) is 10.3. The summed E-state index contributed by atoms with van der Waals surface area (Å²) < 4.78 is 18.4. The molecule has 4 unspecified atom stereocenters. The Morgan fingerprint density at radius 1 is 1.26 bits per heavy atom. The molecule has 2 fully saturated rings. The van der Waals surface area contributed by atoms with E-state index in [4.69, 9.17) is 14.2 Å². The second kappa shape index (κ2) is 6.51. The first kappa shape index (κ1) is 18.8. The highest BCUT2D eigenvalue weighted by Crippen LogP contribution is 2.63. The van der Waals surface area contributed by atoms with Crippen molar-refractivity contribution in [3.8, 4) is 11.5 Å². The number of benzene rings is 1. The Balaban J connectivity index is 1.78. The van der Waals surface area contributed by atoms with Gasteiger partial charge < -0.3 is 14.2 Å². The van der Waals surface area contributed by atoms with E-state index in [0.717, 1.165) is 37.0 Å². The monoisotopic (exact) mass is 372 g/mol. The van der Waals surface area contributed by atoms with E-state index in [9.17, 15) is 4.79 Å². The Labute approximate surface area is 162 Å². The highest BCUT2D eigenvalue weighted by molar-refractivity contribution is 5.71. The maximum Gasteiger partial charge on any atom is 0.308 e. The second-order valence-corrected chi connectivity index (χ2v) is 9.28. The fourth-order valence-corrected chi connectivity index (χ4v) is 5.27. The second-order valence-electron chi connectivity index (χ2n) is 9.28. The van der Waals surface area contributed by atoms with E-state index in [0.29, 0.717) is 11.7 Å². The van der Waals surface area contributed by atoms with Gasteiger partial charge in [-0.3, -0.25) is 4.79 Å². The van der Waals surface area contributed by atoms with Gasteiger partial charge in [0.1, 0.15) is 17.1 Å². The van der Waals surface area contributed by atoms with E-state index in [2.05, 4.69) is 39.8 Å². The molecule has 1 aromatic rings. The molecule has 1 saturated heterocycles. The van der Waals surface area contributed by atoms with Gasteiger partial charge in [0.15, 0.2) is 0 Å². The van der Waals surface area contributed by atoms with E-state index in [-0.39, 0.29) is 29.2 Å². The molecule has 148 valence electrons. The summed E-state index contributed by atoms with van der Waals surface area (Å²) in [5.41, 5.74) is 1.95. The third-order valence-corrected chi connectivity index (χ3v) is 6.74. The molecule has 4 heteroatoms. The van der Waals surface area contributed by atoms with E-state index in [1.807, 2.05) is 0 Å². The zero-order chi connectivity index (χ0) is 19.4. The highest BCUT2D eigenvalue weighted by atomic mass is 16.6. The quantitative estimate of drug-likeness (QED) is 0.310. The van der Waals surface area contributed by atoms with Crippen LogP contribution in [0.4, 0.5) is 0 Å². The van der Waals surface area contributed by atoms with Crippen molar-refractivity contribution in [2.75, 3.05) is 0 Å². The van der Waals surface area contributed by atoms with Crippen molar-refractivity contribution in [3.05, 3.63) is 23.3 Å². The van der Waals surface area contributed by atoms with Crippen molar-refractivity contribution < 1.29 is 19.0 Å². The molecule has 0 spiro atoms. The fourth-order valence-electron chi connectivity index (χ4n) is 5.27. The van der Waals surface area contributed by atoms with Crippen molar-refractivity contribution in [2.24, 2.45) is 5.92 Å². The third-order valence-electron chi connectivity index (χ3n) is 6.74. The highest BCUT2D eigenvalue weighted by Gasteiger charge is 2.65. The molecular formula is C23H32O4. The largest absolute Gasteiger partial charge is 0.487 e. The van der Waals surface area contributed by atoms with Crippen LogP contribution in [0.5, 0.6) is 11.5 Å². The summed E-state index contributed by atoms with van der Waals surface area (Å²) in [7, 11) is 0. The summed E-state index contributed by atoms with van der Waals surface area (Å²) in [5, 5.41) is 0. The Morgan fingerprint density at radius 2 is 2.04 bits per heavy atom.